The van der Waals surface area contributed by atoms with Crippen molar-refractivity contribution in [2.45, 2.75) is 12.8 Å². The van der Waals surface area contributed by atoms with Crippen LogP contribution in [0.1, 0.15) is 12.1 Å². The summed E-state index contributed by atoms with van der Waals surface area (Å²) in [6, 6.07) is 8.80. The van der Waals surface area contributed by atoms with Gasteiger partial charge in [0, 0.05) is 17.5 Å². The largest absolute Gasteiger partial charge is 0.481 e. The van der Waals surface area contributed by atoms with Crippen LogP contribution in [0, 0.1) is 0 Å². The predicted molar refractivity (Wildman–Crippen MR) is 68.9 cm³/mol. The number of hydrogen-bond donors (Lipinski definition) is 2. The van der Waals surface area contributed by atoms with Crippen molar-refractivity contribution >= 4 is 23.4 Å². The molecule has 0 bridgehead atoms. The van der Waals surface area contributed by atoms with Crippen molar-refractivity contribution in [3.63, 3.8) is 0 Å². The lowest BCUT2D eigenvalue weighted by atomic mass is 10.2. The quantitative estimate of drug-likeness (QED) is 0.887. The van der Waals surface area contributed by atoms with Crippen LogP contribution in [0.5, 0.6) is 0 Å². The highest BCUT2D eigenvalue weighted by Gasteiger charge is 2.08. The van der Waals surface area contributed by atoms with Crippen LogP contribution in [0.3, 0.4) is 0 Å². The highest BCUT2D eigenvalue weighted by Crippen LogP contribution is 2.18. The maximum atomic E-state index is 10.5. The molecule has 0 aliphatic heterocycles. The number of nitrogen functional groups attached to an aromatic ring is 1. The minimum absolute atomic E-state index is 0.0337. The summed E-state index contributed by atoms with van der Waals surface area (Å²) < 4.78 is 1.54. The summed E-state index contributed by atoms with van der Waals surface area (Å²) in [6.07, 6.45) is 0.388. The third kappa shape index (κ3) is 2.81. The number of carboxylic acids is 1. The van der Waals surface area contributed by atoms with Gasteiger partial charge >= 0.3 is 5.97 Å². The van der Waals surface area contributed by atoms with Gasteiger partial charge in [-0.05, 0) is 18.2 Å². The van der Waals surface area contributed by atoms with Crippen LogP contribution in [-0.4, -0.2) is 20.9 Å². The first-order valence-corrected chi connectivity index (χ1v) is 5.76. The molecule has 6 heteroatoms. The molecule has 1 aromatic heterocycles. The maximum Gasteiger partial charge on any atom is 0.303 e. The third-order valence-corrected chi connectivity index (χ3v) is 2.67. The molecule has 0 aliphatic rings. The number of nitrogens with zero attached hydrogens (tertiary/aromatic N) is 2. The zero-order chi connectivity index (χ0) is 13.1. The average molecular weight is 266 g/mol. The normalized spacial score (nSPS) is 10.5. The van der Waals surface area contributed by atoms with Gasteiger partial charge in [-0.25, -0.2) is 4.68 Å². The van der Waals surface area contributed by atoms with E-state index in [1.54, 1.807) is 28.9 Å². The highest BCUT2D eigenvalue weighted by atomic mass is 35.5. The van der Waals surface area contributed by atoms with Gasteiger partial charge in [0.15, 0.2) is 0 Å². The maximum absolute atomic E-state index is 10.5. The molecule has 3 N–H and O–H groups in total. The SMILES string of the molecule is Nc1cc(CCC(=O)O)nn1-c1cccc(Cl)c1. The Labute approximate surface area is 109 Å². The van der Waals surface area contributed by atoms with Gasteiger partial charge in [-0.15, -0.1) is 0 Å². The molecular weight excluding hydrogens is 254 g/mol. The number of hydrogen-bond acceptors (Lipinski definition) is 3. The van der Waals surface area contributed by atoms with Crippen LogP contribution in [0.25, 0.3) is 5.69 Å². The molecule has 0 amide bonds. The highest BCUT2D eigenvalue weighted by molar-refractivity contribution is 6.30. The number of aryl methyl sites for hydroxylation is 1. The van der Waals surface area contributed by atoms with E-state index in [0.717, 1.165) is 5.69 Å². The van der Waals surface area contributed by atoms with Crippen LogP contribution in [0.2, 0.25) is 5.02 Å². The number of halogens is 1. The van der Waals surface area contributed by atoms with Gasteiger partial charge in [-0.2, -0.15) is 5.10 Å². The van der Waals surface area contributed by atoms with E-state index < -0.39 is 5.97 Å². The fourth-order valence-electron chi connectivity index (χ4n) is 1.62. The Bertz CT molecular complexity index is 580. The molecule has 5 nitrogen and oxygen atoms in total. The van der Waals surface area contributed by atoms with Crippen LogP contribution in [-0.2, 0) is 11.2 Å². The number of benzene rings is 1. The Hall–Kier alpha value is -2.01. The Morgan fingerprint density at radius 1 is 1.44 bits per heavy atom. The molecule has 0 saturated carbocycles. The molecule has 0 spiro atoms. The summed E-state index contributed by atoms with van der Waals surface area (Å²) in [5, 5.41) is 13.5. The first-order chi connectivity index (χ1) is 8.56. The van der Waals surface area contributed by atoms with Gasteiger partial charge < -0.3 is 10.8 Å². The van der Waals surface area contributed by atoms with Crippen LogP contribution < -0.4 is 5.73 Å². The number of nitrogens with two attached hydrogens (primary N) is 1. The standard InChI is InChI=1S/C12H12ClN3O2/c13-8-2-1-3-10(6-8)16-11(14)7-9(15-16)4-5-12(17)18/h1-3,6-7H,4-5,14H2,(H,17,18). The van der Waals surface area contributed by atoms with Gasteiger partial charge in [0.2, 0.25) is 0 Å². The summed E-state index contributed by atoms with van der Waals surface area (Å²) in [5.41, 5.74) is 7.24. The van der Waals surface area contributed by atoms with Gasteiger partial charge in [-0.3, -0.25) is 4.79 Å². The van der Waals surface area contributed by atoms with Crippen LogP contribution >= 0.6 is 11.6 Å². The van der Waals surface area contributed by atoms with Crippen molar-refractivity contribution in [2.24, 2.45) is 0 Å². The molecular formula is C12H12ClN3O2. The lowest BCUT2D eigenvalue weighted by molar-refractivity contribution is -0.136. The topological polar surface area (TPSA) is 81.1 Å². The number of aliphatic carboxylic acids is 1. The van der Waals surface area contributed by atoms with Crippen molar-refractivity contribution in [1.82, 2.24) is 9.78 Å². The number of rotatable bonds is 4. The molecule has 0 atom stereocenters. The summed E-state index contributed by atoms with van der Waals surface area (Å²) in [6.45, 7) is 0. The summed E-state index contributed by atoms with van der Waals surface area (Å²) in [5.74, 6) is -0.400. The smallest absolute Gasteiger partial charge is 0.303 e. The Morgan fingerprint density at radius 2 is 2.22 bits per heavy atom. The zero-order valence-electron chi connectivity index (χ0n) is 9.51. The van der Waals surface area contributed by atoms with Crippen LogP contribution in [0.15, 0.2) is 30.3 Å². The van der Waals surface area contributed by atoms with E-state index in [2.05, 4.69) is 5.10 Å². The molecule has 2 aromatic rings. The minimum atomic E-state index is -0.856. The first kappa shape index (κ1) is 12.4. The Morgan fingerprint density at radius 3 is 2.89 bits per heavy atom. The van der Waals surface area contributed by atoms with Crippen molar-refractivity contribution < 1.29 is 9.90 Å². The van der Waals surface area contributed by atoms with E-state index in [9.17, 15) is 4.79 Å². The van der Waals surface area contributed by atoms with E-state index in [0.29, 0.717) is 23.0 Å². The van der Waals surface area contributed by atoms with E-state index in [4.69, 9.17) is 22.4 Å². The molecule has 1 heterocycles. The minimum Gasteiger partial charge on any atom is -0.481 e. The molecule has 0 unspecified atom stereocenters. The van der Waals surface area contributed by atoms with Crippen molar-refractivity contribution in [3.05, 3.63) is 41.0 Å². The Balaban J connectivity index is 2.26. The van der Waals surface area contributed by atoms with E-state index in [-0.39, 0.29) is 6.42 Å². The van der Waals surface area contributed by atoms with Gasteiger partial charge in [0.1, 0.15) is 5.82 Å². The second-order valence-corrected chi connectivity index (χ2v) is 4.28. The monoisotopic (exact) mass is 265 g/mol. The average Bonchev–Trinajstić information content (AvgIpc) is 2.68. The van der Waals surface area contributed by atoms with Gasteiger partial charge in [0.25, 0.3) is 0 Å². The number of aromatic nitrogens is 2. The lowest BCUT2D eigenvalue weighted by Crippen LogP contribution is -2.02. The fourth-order valence-corrected chi connectivity index (χ4v) is 1.80. The van der Waals surface area contributed by atoms with Gasteiger partial charge in [0.05, 0.1) is 17.8 Å². The van der Waals surface area contributed by atoms with E-state index in [1.807, 2.05) is 6.07 Å². The van der Waals surface area contributed by atoms with Gasteiger partial charge in [-0.1, -0.05) is 17.7 Å². The molecule has 18 heavy (non-hydrogen) atoms. The molecule has 0 radical (unpaired) electrons. The molecule has 0 saturated heterocycles. The second kappa shape index (κ2) is 5.10. The van der Waals surface area contributed by atoms with Crippen molar-refractivity contribution in [3.8, 4) is 5.69 Å². The van der Waals surface area contributed by atoms with Crippen molar-refractivity contribution in [2.75, 3.05) is 5.73 Å². The van der Waals surface area contributed by atoms with Crippen LogP contribution in [0.4, 0.5) is 5.82 Å². The van der Waals surface area contributed by atoms with E-state index in [1.165, 1.54) is 0 Å². The number of anilines is 1. The van der Waals surface area contributed by atoms with E-state index >= 15 is 0 Å². The lowest BCUT2D eigenvalue weighted by Gasteiger charge is -2.03. The predicted octanol–water partition coefficient (Wildman–Crippen LogP) is 2.13. The molecule has 2 rings (SSSR count). The molecule has 0 fully saturated rings. The zero-order valence-corrected chi connectivity index (χ0v) is 10.3. The summed E-state index contributed by atoms with van der Waals surface area (Å²) in [7, 11) is 0. The Kier molecular flexibility index (Phi) is 3.53. The third-order valence-electron chi connectivity index (χ3n) is 2.44. The first-order valence-electron chi connectivity index (χ1n) is 5.38. The molecule has 0 aliphatic carbocycles. The molecule has 94 valence electrons. The summed E-state index contributed by atoms with van der Waals surface area (Å²) in [4.78, 5) is 10.5. The second-order valence-electron chi connectivity index (χ2n) is 3.85. The number of carbonyl (C=O) groups is 1. The molecule has 1 aromatic carbocycles. The fraction of sp³-hybridized carbons (Fsp3) is 0.167. The van der Waals surface area contributed by atoms with Crippen molar-refractivity contribution in [1.29, 1.82) is 0 Å². The number of carboxylic acid groups (broad SMARTS) is 1. The summed E-state index contributed by atoms with van der Waals surface area (Å²) >= 11 is 5.90.